The Labute approximate surface area is 135 Å². The number of hydrogen-bond donors (Lipinski definition) is 0. The second-order valence-electron chi connectivity index (χ2n) is 4.34. The Hall–Kier alpha value is -2.21. The van der Waals surface area contributed by atoms with E-state index in [1.165, 1.54) is 18.2 Å². The van der Waals surface area contributed by atoms with E-state index in [-0.39, 0.29) is 18.1 Å². The maximum absolute atomic E-state index is 12.9. The van der Waals surface area contributed by atoms with Crippen LogP contribution in [0, 0.1) is 5.82 Å². The molecule has 0 aliphatic rings. The van der Waals surface area contributed by atoms with Crippen molar-refractivity contribution in [3.8, 4) is 5.75 Å². The average molecular weight is 367 g/mol. The predicted octanol–water partition coefficient (Wildman–Crippen LogP) is 3.39. The summed E-state index contributed by atoms with van der Waals surface area (Å²) in [6.07, 6.45) is 0. The molecule has 2 aromatic rings. The molecule has 0 fully saturated rings. The van der Waals surface area contributed by atoms with E-state index in [1.54, 1.807) is 24.3 Å². The number of carbonyl (C=O) groups excluding carboxylic acids is 2. The molecule has 0 spiro atoms. The van der Waals surface area contributed by atoms with Crippen LogP contribution >= 0.6 is 15.9 Å². The van der Waals surface area contributed by atoms with Gasteiger partial charge < -0.3 is 9.47 Å². The first-order chi connectivity index (χ1) is 10.5. The summed E-state index contributed by atoms with van der Waals surface area (Å²) in [5.74, 6) is -1.26. The third kappa shape index (κ3) is 4.96. The quantitative estimate of drug-likeness (QED) is 0.580. The average Bonchev–Trinajstić information content (AvgIpc) is 2.51. The number of hydrogen-bond acceptors (Lipinski definition) is 4. The van der Waals surface area contributed by atoms with Crippen molar-refractivity contribution in [1.29, 1.82) is 0 Å². The number of halogens is 2. The Balaban J connectivity index is 1.78. The number of benzene rings is 2. The van der Waals surface area contributed by atoms with Gasteiger partial charge >= 0.3 is 5.97 Å². The molecule has 0 saturated carbocycles. The SMILES string of the molecule is O=C(COc1cccc(F)c1)OCC(=O)c1ccc(Br)cc1. The summed E-state index contributed by atoms with van der Waals surface area (Å²) in [6, 6.07) is 12.1. The van der Waals surface area contributed by atoms with Crippen LogP contribution in [0.3, 0.4) is 0 Å². The van der Waals surface area contributed by atoms with E-state index in [0.29, 0.717) is 5.56 Å². The van der Waals surface area contributed by atoms with E-state index in [1.807, 2.05) is 0 Å². The minimum atomic E-state index is -0.699. The summed E-state index contributed by atoms with van der Waals surface area (Å²) in [6.45, 7) is -0.760. The first-order valence-electron chi connectivity index (χ1n) is 6.37. The van der Waals surface area contributed by atoms with Crippen LogP contribution in [0.4, 0.5) is 4.39 Å². The number of rotatable bonds is 6. The normalized spacial score (nSPS) is 10.1. The fourth-order valence-electron chi connectivity index (χ4n) is 1.61. The van der Waals surface area contributed by atoms with Gasteiger partial charge in [0.25, 0.3) is 0 Å². The molecule has 114 valence electrons. The van der Waals surface area contributed by atoms with E-state index in [0.717, 1.165) is 10.5 Å². The van der Waals surface area contributed by atoms with Gasteiger partial charge in [0.2, 0.25) is 0 Å². The van der Waals surface area contributed by atoms with E-state index in [2.05, 4.69) is 15.9 Å². The van der Waals surface area contributed by atoms with Crippen LogP contribution in [0.5, 0.6) is 5.75 Å². The highest BCUT2D eigenvalue weighted by atomic mass is 79.9. The molecule has 0 aliphatic heterocycles. The Bertz CT molecular complexity index is 670. The largest absolute Gasteiger partial charge is 0.482 e. The lowest BCUT2D eigenvalue weighted by molar-refractivity contribution is -0.144. The van der Waals surface area contributed by atoms with Crippen LogP contribution in [-0.2, 0) is 9.53 Å². The zero-order valence-electron chi connectivity index (χ0n) is 11.4. The summed E-state index contributed by atoms with van der Waals surface area (Å²) >= 11 is 3.26. The molecule has 2 rings (SSSR count). The minimum Gasteiger partial charge on any atom is -0.482 e. The molecule has 0 heterocycles. The fourth-order valence-corrected chi connectivity index (χ4v) is 1.87. The third-order valence-electron chi connectivity index (χ3n) is 2.68. The first-order valence-corrected chi connectivity index (χ1v) is 7.16. The first kappa shape index (κ1) is 16.2. The molecule has 6 heteroatoms. The number of esters is 1. The summed E-state index contributed by atoms with van der Waals surface area (Å²) < 4.78 is 23.7. The Morgan fingerprint density at radius 2 is 1.77 bits per heavy atom. The van der Waals surface area contributed by atoms with Crippen molar-refractivity contribution in [3.05, 3.63) is 64.4 Å². The maximum atomic E-state index is 12.9. The smallest absolute Gasteiger partial charge is 0.344 e. The molecule has 2 aromatic carbocycles. The predicted molar refractivity (Wildman–Crippen MR) is 81.3 cm³/mol. The highest BCUT2D eigenvalue weighted by molar-refractivity contribution is 9.10. The second-order valence-corrected chi connectivity index (χ2v) is 5.25. The molecule has 0 saturated heterocycles. The van der Waals surface area contributed by atoms with Gasteiger partial charge in [-0.3, -0.25) is 4.79 Å². The lowest BCUT2D eigenvalue weighted by Crippen LogP contribution is -2.19. The van der Waals surface area contributed by atoms with Gasteiger partial charge in [0.15, 0.2) is 19.0 Å². The van der Waals surface area contributed by atoms with Gasteiger partial charge in [-0.25, -0.2) is 9.18 Å². The van der Waals surface area contributed by atoms with Gasteiger partial charge in [-0.05, 0) is 24.3 Å². The summed E-state index contributed by atoms with van der Waals surface area (Å²) in [5, 5.41) is 0. The molecule has 0 atom stereocenters. The topological polar surface area (TPSA) is 52.6 Å². The summed E-state index contributed by atoms with van der Waals surface area (Å²) in [4.78, 5) is 23.3. The Morgan fingerprint density at radius 1 is 1.05 bits per heavy atom. The summed E-state index contributed by atoms with van der Waals surface area (Å²) in [7, 11) is 0. The Kier molecular flexibility index (Phi) is 5.66. The zero-order valence-corrected chi connectivity index (χ0v) is 13.0. The second kappa shape index (κ2) is 7.70. The molecule has 0 N–H and O–H groups in total. The van der Waals surface area contributed by atoms with Gasteiger partial charge in [-0.2, -0.15) is 0 Å². The summed E-state index contributed by atoms with van der Waals surface area (Å²) in [5.41, 5.74) is 0.446. The highest BCUT2D eigenvalue weighted by Gasteiger charge is 2.10. The van der Waals surface area contributed by atoms with Crippen LogP contribution in [0.2, 0.25) is 0 Å². The van der Waals surface area contributed by atoms with Gasteiger partial charge in [0.05, 0.1) is 0 Å². The van der Waals surface area contributed by atoms with Crippen molar-refractivity contribution >= 4 is 27.7 Å². The molecule has 22 heavy (non-hydrogen) atoms. The number of ketones is 1. The van der Waals surface area contributed by atoms with E-state index < -0.39 is 18.4 Å². The monoisotopic (exact) mass is 366 g/mol. The fraction of sp³-hybridized carbons (Fsp3) is 0.125. The lowest BCUT2D eigenvalue weighted by Gasteiger charge is -2.07. The molecule has 4 nitrogen and oxygen atoms in total. The minimum absolute atomic E-state index is 0.219. The van der Waals surface area contributed by atoms with Crippen LogP contribution in [0.25, 0.3) is 0 Å². The van der Waals surface area contributed by atoms with Gasteiger partial charge in [0, 0.05) is 16.1 Å². The van der Waals surface area contributed by atoms with E-state index in [4.69, 9.17) is 9.47 Å². The lowest BCUT2D eigenvalue weighted by atomic mass is 10.1. The number of ether oxygens (including phenoxy) is 2. The standard InChI is InChI=1S/C16H12BrFO4/c17-12-6-4-11(5-7-12)15(19)9-22-16(20)10-21-14-3-1-2-13(18)8-14/h1-8H,9-10H2. The van der Waals surface area contributed by atoms with Gasteiger partial charge in [0.1, 0.15) is 11.6 Å². The number of Topliss-reactive ketones (excluding diaryl/α,β-unsaturated/α-hetero) is 1. The van der Waals surface area contributed by atoms with Crippen molar-refractivity contribution < 1.29 is 23.5 Å². The van der Waals surface area contributed by atoms with Crippen molar-refractivity contribution in [2.24, 2.45) is 0 Å². The molecular weight excluding hydrogens is 355 g/mol. The molecule has 0 unspecified atom stereocenters. The van der Waals surface area contributed by atoms with Crippen molar-refractivity contribution in [2.75, 3.05) is 13.2 Å². The van der Waals surface area contributed by atoms with Crippen LogP contribution in [0.15, 0.2) is 53.0 Å². The van der Waals surface area contributed by atoms with E-state index in [9.17, 15) is 14.0 Å². The highest BCUT2D eigenvalue weighted by Crippen LogP contribution is 2.12. The van der Waals surface area contributed by atoms with Crippen molar-refractivity contribution in [3.63, 3.8) is 0 Å². The van der Waals surface area contributed by atoms with Crippen molar-refractivity contribution in [2.45, 2.75) is 0 Å². The molecule has 0 aromatic heterocycles. The van der Waals surface area contributed by atoms with Gasteiger partial charge in [-0.1, -0.05) is 34.1 Å². The number of carbonyl (C=O) groups is 2. The molecular formula is C16H12BrFO4. The van der Waals surface area contributed by atoms with Crippen molar-refractivity contribution in [1.82, 2.24) is 0 Å². The van der Waals surface area contributed by atoms with Crippen LogP contribution < -0.4 is 4.74 Å². The maximum Gasteiger partial charge on any atom is 0.344 e. The van der Waals surface area contributed by atoms with E-state index >= 15 is 0 Å². The third-order valence-corrected chi connectivity index (χ3v) is 3.21. The molecule has 0 radical (unpaired) electrons. The zero-order chi connectivity index (χ0) is 15.9. The molecule has 0 bridgehead atoms. The van der Waals surface area contributed by atoms with Gasteiger partial charge in [-0.15, -0.1) is 0 Å². The van der Waals surface area contributed by atoms with Crippen LogP contribution in [-0.4, -0.2) is 25.0 Å². The molecule has 0 aliphatic carbocycles. The Morgan fingerprint density at radius 3 is 2.45 bits per heavy atom. The van der Waals surface area contributed by atoms with Crippen LogP contribution in [0.1, 0.15) is 10.4 Å². The molecule has 0 amide bonds.